The molecule has 2 aromatic rings. The number of nitrogens with zero attached hydrogens (tertiary/aromatic N) is 2. The highest BCUT2D eigenvalue weighted by Gasteiger charge is 2.06. The molecular formula is C14H19N3OS. The maximum atomic E-state index is 5.42. The molecule has 1 N–H and O–H groups in total. The number of hydrogen-bond donors (Lipinski definition) is 1. The molecule has 1 heterocycles. The predicted octanol–water partition coefficient (Wildman–Crippen LogP) is 3.10. The van der Waals surface area contributed by atoms with Crippen LogP contribution in [-0.4, -0.2) is 23.3 Å². The average Bonchev–Trinajstić information content (AvgIpc) is 2.89. The molecule has 0 unspecified atom stereocenters. The van der Waals surface area contributed by atoms with E-state index in [2.05, 4.69) is 22.4 Å². The van der Waals surface area contributed by atoms with Crippen molar-refractivity contribution >= 4 is 11.3 Å². The molecule has 1 aromatic heterocycles. The summed E-state index contributed by atoms with van der Waals surface area (Å²) in [4.78, 5) is 0. The maximum absolute atomic E-state index is 5.42. The lowest BCUT2D eigenvalue weighted by Crippen LogP contribution is -2.13. The molecule has 0 radical (unpaired) electrons. The minimum atomic E-state index is 0.686. The van der Waals surface area contributed by atoms with Gasteiger partial charge in [-0.1, -0.05) is 18.3 Å². The Morgan fingerprint density at radius 3 is 2.63 bits per heavy atom. The van der Waals surface area contributed by atoms with Crippen LogP contribution in [0.2, 0.25) is 0 Å². The Labute approximate surface area is 117 Å². The Balaban J connectivity index is 2.01. The fourth-order valence-electron chi connectivity index (χ4n) is 1.67. The van der Waals surface area contributed by atoms with E-state index in [9.17, 15) is 0 Å². The second kappa shape index (κ2) is 7.21. The Kier molecular flexibility index (Phi) is 5.30. The lowest BCUT2D eigenvalue weighted by molar-refractivity contribution is 0.340. The van der Waals surface area contributed by atoms with Crippen molar-refractivity contribution in [1.29, 1.82) is 0 Å². The molecule has 0 aliphatic rings. The second-order valence-electron chi connectivity index (χ2n) is 4.14. The molecule has 2 rings (SSSR count). The number of nitrogens with one attached hydrogen (secondary N) is 1. The summed E-state index contributed by atoms with van der Waals surface area (Å²) in [6.45, 7) is 6.62. The van der Waals surface area contributed by atoms with Crippen LogP contribution in [0.15, 0.2) is 24.3 Å². The third-order valence-corrected chi connectivity index (χ3v) is 3.55. The van der Waals surface area contributed by atoms with Crippen molar-refractivity contribution in [2.45, 2.75) is 26.8 Å². The first kappa shape index (κ1) is 14.0. The highest BCUT2D eigenvalue weighted by molar-refractivity contribution is 7.14. The van der Waals surface area contributed by atoms with Crippen LogP contribution in [0.25, 0.3) is 10.6 Å². The minimum Gasteiger partial charge on any atom is -0.494 e. The first-order chi connectivity index (χ1) is 9.33. The zero-order valence-electron chi connectivity index (χ0n) is 11.3. The minimum absolute atomic E-state index is 0.686. The molecule has 0 saturated heterocycles. The number of rotatable bonds is 7. The number of aromatic nitrogens is 2. The molecule has 0 aliphatic carbocycles. The van der Waals surface area contributed by atoms with Gasteiger partial charge in [-0.25, -0.2) is 0 Å². The van der Waals surface area contributed by atoms with Crippen molar-refractivity contribution in [3.63, 3.8) is 0 Å². The summed E-state index contributed by atoms with van der Waals surface area (Å²) < 4.78 is 5.42. The second-order valence-corrected chi connectivity index (χ2v) is 5.20. The highest BCUT2D eigenvalue weighted by atomic mass is 32.1. The van der Waals surface area contributed by atoms with Crippen LogP contribution in [0.1, 0.15) is 25.3 Å². The van der Waals surface area contributed by atoms with E-state index in [1.54, 1.807) is 11.3 Å². The maximum Gasteiger partial charge on any atom is 0.147 e. The summed E-state index contributed by atoms with van der Waals surface area (Å²) in [6, 6.07) is 7.98. The largest absolute Gasteiger partial charge is 0.494 e. The van der Waals surface area contributed by atoms with Crippen LogP contribution in [0.4, 0.5) is 0 Å². The van der Waals surface area contributed by atoms with E-state index in [0.29, 0.717) is 6.61 Å². The smallest absolute Gasteiger partial charge is 0.147 e. The van der Waals surface area contributed by atoms with Gasteiger partial charge in [0.1, 0.15) is 15.8 Å². The summed E-state index contributed by atoms with van der Waals surface area (Å²) in [5, 5.41) is 13.7. The van der Waals surface area contributed by atoms with E-state index < -0.39 is 0 Å². The predicted molar refractivity (Wildman–Crippen MR) is 78.5 cm³/mol. The molecule has 5 heteroatoms. The number of ether oxygens (including phenoxy) is 1. The van der Waals surface area contributed by atoms with Gasteiger partial charge in [0.15, 0.2) is 0 Å². The van der Waals surface area contributed by atoms with E-state index in [-0.39, 0.29) is 0 Å². The third kappa shape index (κ3) is 4.01. The Hall–Kier alpha value is -1.46. The van der Waals surface area contributed by atoms with Crippen molar-refractivity contribution in [2.75, 3.05) is 13.2 Å². The summed E-state index contributed by atoms with van der Waals surface area (Å²) in [7, 11) is 0. The van der Waals surface area contributed by atoms with Gasteiger partial charge >= 0.3 is 0 Å². The molecule has 0 aliphatic heterocycles. The summed E-state index contributed by atoms with van der Waals surface area (Å²) >= 11 is 1.63. The summed E-state index contributed by atoms with van der Waals surface area (Å²) in [6.07, 6.45) is 1.13. The van der Waals surface area contributed by atoms with Crippen LogP contribution in [-0.2, 0) is 6.54 Å². The SMILES string of the molecule is CCCNCc1nnc(-c2ccc(OCC)cc2)s1. The molecule has 4 nitrogen and oxygen atoms in total. The third-order valence-electron chi connectivity index (χ3n) is 2.58. The van der Waals surface area contributed by atoms with E-state index >= 15 is 0 Å². The summed E-state index contributed by atoms with van der Waals surface area (Å²) in [5.41, 5.74) is 1.09. The highest BCUT2D eigenvalue weighted by Crippen LogP contribution is 2.25. The monoisotopic (exact) mass is 277 g/mol. The van der Waals surface area contributed by atoms with E-state index in [1.165, 1.54) is 0 Å². The Morgan fingerprint density at radius 1 is 1.16 bits per heavy atom. The lowest BCUT2D eigenvalue weighted by atomic mass is 10.2. The molecular weight excluding hydrogens is 258 g/mol. The molecule has 0 fully saturated rings. The van der Waals surface area contributed by atoms with Gasteiger partial charge in [-0.15, -0.1) is 10.2 Å². The van der Waals surface area contributed by atoms with E-state index in [4.69, 9.17) is 4.74 Å². The van der Waals surface area contributed by atoms with Crippen molar-refractivity contribution in [2.24, 2.45) is 0 Å². The molecule has 0 bridgehead atoms. The van der Waals surface area contributed by atoms with Crippen molar-refractivity contribution in [1.82, 2.24) is 15.5 Å². The lowest BCUT2D eigenvalue weighted by Gasteiger charge is -2.02. The summed E-state index contributed by atoms with van der Waals surface area (Å²) in [5.74, 6) is 0.889. The first-order valence-electron chi connectivity index (χ1n) is 6.59. The number of hydrogen-bond acceptors (Lipinski definition) is 5. The normalized spacial score (nSPS) is 10.6. The van der Waals surface area contributed by atoms with Gasteiger partial charge in [0.25, 0.3) is 0 Å². The standard InChI is InChI=1S/C14H19N3OS/c1-3-9-15-10-13-16-17-14(19-13)11-5-7-12(8-6-11)18-4-2/h5-8,15H,3-4,9-10H2,1-2H3. The van der Waals surface area contributed by atoms with Gasteiger partial charge in [0.05, 0.1) is 6.61 Å². The molecule has 0 atom stereocenters. The quantitative estimate of drug-likeness (QED) is 0.790. The van der Waals surface area contributed by atoms with Gasteiger partial charge in [0, 0.05) is 12.1 Å². The molecule has 0 saturated carbocycles. The topological polar surface area (TPSA) is 47.0 Å². The Bertz CT molecular complexity index is 496. The van der Waals surface area contributed by atoms with Crippen molar-refractivity contribution in [3.05, 3.63) is 29.3 Å². The Morgan fingerprint density at radius 2 is 1.95 bits per heavy atom. The zero-order chi connectivity index (χ0) is 13.5. The zero-order valence-corrected chi connectivity index (χ0v) is 12.2. The van der Waals surface area contributed by atoms with Crippen LogP contribution in [0, 0.1) is 0 Å². The molecule has 1 aromatic carbocycles. The fraction of sp³-hybridized carbons (Fsp3) is 0.429. The van der Waals surface area contributed by atoms with Gasteiger partial charge in [-0.05, 0) is 44.2 Å². The van der Waals surface area contributed by atoms with Crippen LogP contribution >= 0.6 is 11.3 Å². The van der Waals surface area contributed by atoms with Gasteiger partial charge in [-0.2, -0.15) is 0 Å². The molecule has 0 spiro atoms. The first-order valence-corrected chi connectivity index (χ1v) is 7.41. The van der Waals surface area contributed by atoms with E-state index in [0.717, 1.165) is 40.8 Å². The fourth-order valence-corrected chi connectivity index (χ4v) is 2.49. The van der Waals surface area contributed by atoms with Crippen LogP contribution in [0.3, 0.4) is 0 Å². The van der Waals surface area contributed by atoms with Crippen LogP contribution in [0.5, 0.6) is 5.75 Å². The van der Waals surface area contributed by atoms with E-state index in [1.807, 2.05) is 31.2 Å². The van der Waals surface area contributed by atoms with Crippen molar-refractivity contribution in [3.8, 4) is 16.3 Å². The average molecular weight is 277 g/mol. The molecule has 102 valence electrons. The van der Waals surface area contributed by atoms with Gasteiger partial charge < -0.3 is 10.1 Å². The number of benzene rings is 1. The van der Waals surface area contributed by atoms with Crippen molar-refractivity contribution < 1.29 is 4.74 Å². The molecule has 19 heavy (non-hydrogen) atoms. The van der Waals surface area contributed by atoms with Gasteiger partial charge in [-0.3, -0.25) is 0 Å². The van der Waals surface area contributed by atoms with Crippen LogP contribution < -0.4 is 10.1 Å². The molecule has 0 amide bonds. The van der Waals surface area contributed by atoms with Gasteiger partial charge in [0.2, 0.25) is 0 Å².